The average molecular weight is 262 g/mol. The van der Waals surface area contributed by atoms with E-state index in [1.54, 1.807) is 0 Å². The van der Waals surface area contributed by atoms with Crippen LogP contribution in [0, 0.1) is 20.8 Å². The second-order valence-corrected chi connectivity index (χ2v) is 5.60. The minimum absolute atomic E-state index is 0.349. The van der Waals surface area contributed by atoms with E-state index in [2.05, 4.69) is 37.8 Å². The van der Waals surface area contributed by atoms with Crippen molar-refractivity contribution in [3.05, 3.63) is 28.8 Å². The Morgan fingerprint density at radius 1 is 1.16 bits per heavy atom. The predicted octanol–water partition coefficient (Wildman–Crippen LogP) is 2.41. The van der Waals surface area contributed by atoms with Gasteiger partial charge in [-0.05, 0) is 63.4 Å². The Labute approximate surface area is 116 Å². The molecule has 2 rings (SSSR count). The summed E-state index contributed by atoms with van der Waals surface area (Å²) in [5, 5.41) is 0. The van der Waals surface area contributed by atoms with Gasteiger partial charge in [-0.1, -0.05) is 12.1 Å². The van der Waals surface area contributed by atoms with Gasteiger partial charge in [0.2, 0.25) is 0 Å². The van der Waals surface area contributed by atoms with E-state index in [1.807, 2.05) is 0 Å². The second kappa shape index (κ2) is 6.40. The van der Waals surface area contributed by atoms with Crippen LogP contribution in [0.25, 0.3) is 0 Å². The van der Waals surface area contributed by atoms with E-state index in [9.17, 15) is 0 Å². The molecule has 1 unspecified atom stereocenters. The zero-order chi connectivity index (χ0) is 13.8. The quantitative estimate of drug-likeness (QED) is 0.885. The highest BCUT2D eigenvalue weighted by Gasteiger charge is 2.21. The maximum Gasteiger partial charge on any atom is 0.125 e. The van der Waals surface area contributed by atoms with Gasteiger partial charge in [0.25, 0.3) is 0 Å². The average Bonchev–Trinajstić information content (AvgIpc) is 2.92. The Hall–Kier alpha value is -1.06. The molecule has 19 heavy (non-hydrogen) atoms. The highest BCUT2D eigenvalue weighted by Crippen LogP contribution is 2.26. The standard InChI is InChI=1S/C16H26N2O/c1-12-6-7-13(2)16(14(12)3)19-11-15(10-17)18-8-4-5-9-18/h6-7,15H,4-5,8-11,17H2,1-3H3. The van der Waals surface area contributed by atoms with Crippen molar-refractivity contribution in [1.82, 2.24) is 4.90 Å². The van der Waals surface area contributed by atoms with Crippen molar-refractivity contribution in [1.29, 1.82) is 0 Å². The first-order valence-corrected chi connectivity index (χ1v) is 7.27. The molecule has 0 bridgehead atoms. The first-order chi connectivity index (χ1) is 9.13. The molecule has 1 aromatic rings. The van der Waals surface area contributed by atoms with Gasteiger partial charge in [0.15, 0.2) is 0 Å². The Balaban J connectivity index is 2.03. The molecule has 1 aliphatic heterocycles. The number of nitrogens with two attached hydrogens (primary N) is 1. The SMILES string of the molecule is Cc1ccc(C)c(OCC(CN)N2CCCC2)c1C. The number of aryl methyl sites for hydroxylation is 2. The van der Waals surface area contributed by atoms with Crippen LogP contribution < -0.4 is 10.5 Å². The third-order valence-electron chi connectivity index (χ3n) is 4.22. The number of nitrogens with zero attached hydrogens (tertiary/aromatic N) is 1. The van der Waals surface area contributed by atoms with Crippen molar-refractivity contribution in [2.45, 2.75) is 39.7 Å². The number of benzene rings is 1. The minimum Gasteiger partial charge on any atom is -0.491 e. The number of hydrogen-bond donors (Lipinski definition) is 1. The van der Waals surface area contributed by atoms with Gasteiger partial charge >= 0.3 is 0 Å². The molecular formula is C16H26N2O. The highest BCUT2D eigenvalue weighted by atomic mass is 16.5. The third-order valence-corrected chi connectivity index (χ3v) is 4.22. The molecule has 0 spiro atoms. The number of ether oxygens (including phenoxy) is 1. The Morgan fingerprint density at radius 2 is 1.79 bits per heavy atom. The van der Waals surface area contributed by atoms with E-state index in [0.29, 0.717) is 19.2 Å². The lowest BCUT2D eigenvalue weighted by molar-refractivity contribution is 0.163. The van der Waals surface area contributed by atoms with Crippen molar-refractivity contribution in [3.63, 3.8) is 0 Å². The molecule has 0 amide bonds. The lowest BCUT2D eigenvalue weighted by atomic mass is 10.1. The zero-order valence-corrected chi connectivity index (χ0v) is 12.4. The summed E-state index contributed by atoms with van der Waals surface area (Å²) in [5.74, 6) is 1.04. The maximum absolute atomic E-state index is 6.09. The van der Waals surface area contributed by atoms with E-state index >= 15 is 0 Å². The molecule has 0 saturated carbocycles. The van der Waals surface area contributed by atoms with Gasteiger partial charge in [-0.25, -0.2) is 0 Å². The molecule has 0 aliphatic carbocycles. The van der Waals surface area contributed by atoms with Crippen LogP contribution >= 0.6 is 0 Å². The van der Waals surface area contributed by atoms with Gasteiger partial charge in [-0.15, -0.1) is 0 Å². The summed E-state index contributed by atoms with van der Waals surface area (Å²) >= 11 is 0. The first-order valence-electron chi connectivity index (χ1n) is 7.27. The van der Waals surface area contributed by atoms with Crippen LogP contribution in [0.4, 0.5) is 0 Å². The fourth-order valence-corrected chi connectivity index (χ4v) is 2.76. The molecule has 1 heterocycles. The first kappa shape index (κ1) is 14.4. The van der Waals surface area contributed by atoms with Gasteiger partial charge in [0.05, 0.1) is 6.04 Å². The van der Waals surface area contributed by atoms with E-state index in [-0.39, 0.29) is 0 Å². The molecule has 2 N–H and O–H groups in total. The molecular weight excluding hydrogens is 236 g/mol. The van der Waals surface area contributed by atoms with Crippen LogP contribution in [-0.2, 0) is 0 Å². The molecule has 0 aromatic heterocycles. The van der Waals surface area contributed by atoms with E-state index in [4.69, 9.17) is 10.5 Å². The number of likely N-dealkylation sites (tertiary alicyclic amines) is 1. The predicted molar refractivity (Wildman–Crippen MR) is 79.8 cm³/mol. The van der Waals surface area contributed by atoms with Crippen LogP contribution in [0.2, 0.25) is 0 Å². The van der Waals surface area contributed by atoms with Gasteiger partial charge in [-0.3, -0.25) is 4.90 Å². The summed E-state index contributed by atoms with van der Waals surface area (Å²) in [6.07, 6.45) is 2.58. The largest absolute Gasteiger partial charge is 0.491 e. The van der Waals surface area contributed by atoms with Gasteiger partial charge in [0.1, 0.15) is 12.4 Å². The Kier molecular flexibility index (Phi) is 4.83. The highest BCUT2D eigenvalue weighted by molar-refractivity contribution is 5.44. The maximum atomic E-state index is 6.09. The van der Waals surface area contributed by atoms with Crippen molar-refractivity contribution >= 4 is 0 Å². The van der Waals surface area contributed by atoms with E-state index < -0.39 is 0 Å². The van der Waals surface area contributed by atoms with Crippen molar-refractivity contribution < 1.29 is 4.74 Å². The molecule has 0 radical (unpaired) electrons. The zero-order valence-electron chi connectivity index (χ0n) is 12.4. The second-order valence-electron chi connectivity index (χ2n) is 5.60. The molecule has 1 fully saturated rings. The van der Waals surface area contributed by atoms with Gasteiger partial charge < -0.3 is 10.5 Å². The summed E-state index contributed by atoms with van der Waals surface area (Å²) < 4.78 is 6.09. The summed E-state index contributed by atoms with van der Waals surface area (Å²) in [7, 11) is 0. The van der Waals surface area contributed by atoms with Crippen LogP contribution in [-0.4, -0.2) is 37.2 Å². The Bertz CT molecular complexity index is 425. The number of rotatable bonds is 5. The smallest absolute Gasteiger partial charge is 0.125 e. The molecule has 1 atom stereocenters. The molecule has 3 nitrogen and oxygen atoms in total. The fourth-order valence-electron chi connectivity index (χ4n) is 2.76. The normalized spacial score (nSPS) is 17.7. The molecule has 1 aromatic carbocycles. The fraction of sp³-hybridized carbons (Fsp3) is 0.625. The molecule has 3 heteroatoms. The van der Waals surface area contributed by atoms with Crippen molar-refractivity contribution in [2.75, 3.05) is 26.2 Å². The Morgan fingerprint density at radius 3 is 2.42 bits per heavy atom. The van der Waals surface area contributed by atoms with E-state index in [0.717, 1.165) is 18.8 Å². The molecule has 106 valence electrons. The summed E-state index contributed by atoms with van der Waals surface area (Å²) in [6.45, 7) is 10.1. The summed E-state index contributed by atoms with van der Waals surface area (Å²) in [6, 6.07) is 4.63. The van der Waals surface area contributed by atoms with E-state index in [1.165, 1.54) is 29.5 Å². The monoisotopic (exact) mass is 262 g/mol. The van der Waals surface area contributed by atoms with Gasteiger partial charge in [-0.2, -0.15) is 0 Å². The topological polar surface area (TPSA) is 38.5 Å². The van der Waals surface area contributed by atoms with Crippen LogP contribution in [0.15, 0.2) is 12.1 Å². The van der Waals surface area contributed by atoms with Crippen LogP contribution in [0.1, 0.15) is 29.5 Å². The lowest BCUT2D eigenvalue weighted by Crippen LogP contribution is -2.43. The third kappa shape index (κ3) is 3.28. The number of hydrogen-bond acceptors (Lipinski definition) is 3. The van der Waals surface area contributed by atoms with Gasteiger partial charge in [0, 0.05) is 6.54 Å². The van der Waals surface area contributed by atoms with Crippen molar-refractivity contribution in [3.8, 4) is 5.75 Å². The van der Waals surface area contributed by atoms with Crippen molar-refractivity contribution in [2.24, 2.45) is 5.73 Å². The summed E-state index contributed by atoms with van der Waals surface area (Å²) in [5.41, 5.74) is 9.64. The molecule has 1 aliphatic rings. The minimum atomic E-state index is 0.349. The van der Waals surface area contributed by atoms with Crippen LogP contribution in [0.5, 0.6) is 5.75 Å². The molecule has 1 saturated heterocycles. The summed E-state index contributed by atoms with van der Waals surface area (Å²) in [4.78, 5) is 2.46. The lowest BCUT2D eigenvalue weighted by Gasteiger charge is -2.27. The van der Waals surface area contributed by atoms with Crippen LogP contribution in [0.3, 0.4) is 0 Å².